The van der Waals surface area contributed by atoms with Crippen molar-refractivity contribution in [2.75, 3.05) is 0 Å². The third-order valence-electron chi connectivity index (χ3n) is 5.56. The molecule has 0 radical (unpaired) electrons. The molecule has 0 unspecified atom stereocenters. The van der Waals surface area contributed by atoms with E-state index in [-0.39, 0.29) is 17.6 Å². The summed E-state index contributed by atoms with van der Waals surface area (Å²) < 4.78 is 11.4. The number of aryl methyl sites for hydroxylation is 2. The van der Waals surface area contributed by atoms with Crippen molar-refractivity contribution in [1.82, 2.24) is 4.98 Å². The number of fused-ring (bicyclic) bond motifs is 1. The largest absolute Gasteiger partial charge is 0.508 e. The first-order chi connectivity index (χ1) is 16.4. The number of esters is 1. The third-order valence-corrected chi connectivity index (χ3v) is 6.33. The first-order valence-electron chi connectivity index (χ1n) is 11.1. The molecule has 176 valence electrons. The Kier molecular flexibility index (Phi) is 7.09. The third kappa shape index (κ3) is 5.18. The van der Waals surface area contributed by atoms with Crippen LogP contribution < -0.4 is 15.9 Å². The van der Waals surface area contributed by atoms with E-state index in [9.17, 15) is 14.7 Å². The summed E-state index contributed by atoms with van der Waals surface area (Å²) in [6.45, 7) is 3.95. The predicted molar refractivity (Wildman–Crippen MR) is 132 cm³/mol. The monoisotopic (exact) mass is 478 g/mol. The van der Waals surface area contributed by atoms with Gasteiger partial charge in [-0.25, -0.2) is 9.78 Å². The van der Waals surface area contributed by atoms with Crippen LogP contribution in [0.3, 0.4) is 0 Å². The minimum Gasteiger partial charge on any atom is -0.508 e. The van der Waals surface area contributed by atoms with Gasteiger partial charge in [-0.2, -0.15) is 0 Å². The summed E-state index contributed by atoms with van der Waals surface area (Å²) in [7, 11) is 0. The average molecular weight is 479 g/mol. The first kappa shape index (κ1) is 23.7. The molecular weight excluding hydrogens is 452 g/mol. The van der Waals surface area contributed by atoms with Gasteiger partial charge in [-0.3, -0.25) is 4.79 Å². The highest BCUT2D eigenvalue weighted by Crippen LogP contribution is 2.29. The molecule has 7 nitrogen and oxygen atoms in total. The number of phenolic OH excluding ortho intramolecular Hbond substituents is 1. The number of unbranched alkanes of at least 4 members (excludes halogenated alkanes) is 1. The van der Waals surface area contributed by atoms with Crippen molar-refractivity contribution < 1.29 is 19.1 Å². The second kappa shape index (κ2) is 10.2. The molecule has 0 saturated heterocycles. The molecule has 2 aromatic carbocycles. The molecule has 2 aromatic heterocycles. The summed E-state index contributed by atoms with van der Waals surface area (Å²) in [5.41, 5.74) is 8.79. The van der Waals surface area contributed by atoms with E-state index >= 15 is 0 Å². The van der Waals surface area contributed by atoms with Gasteiger partial charge in [0, 0.05) is 11.4 Å². The highest BCUT2D eigenvalue weighted by Gasteiger charge is 2.20. The fraction of sp³-hybridized carbons (Fsp3) is 0.269. The lowest BCUT2D eigenvalue weighted by Crippen LogP contribution is -2.36. The predicted octanol–water partition coefficient (Wildman–Crippen LogP) is 4.75. The van der Waals surface area contributed by atoms with Crippen LogP contribution in [0.25, 0.3) is 22.2 Å². The second-order valence-corrected chi connectivity index (χ2v) is 9.25. The molecule has 0 aliphatic carbocycles. The van der Waals surface area contributed by atoms with Crippen molar-refractivity contribution in [3.63, 3.8) is 0 Å². The van der Waals surface area contributed by atoms with Crippen molar-refractivity contribution in [1.29, 1.82) is 0 Å². The number of carbonyl (C=O) groups excluding carboxylic acids is 1. The lowest BCUT2D eigenvalue weighted by Gasteiger charge is -2.15. The number of phenols is 1. The summed E-state index contributed by atoms with van der Waals surface area (Å²) in [5, 5.41) is 12.5. The molecule has 0 amide bonds. The van der Waals surface area contributed by atoms with Gasteiger partial charge in [0.25, 0.3) is 0 Å². The Bertz CT molecular complexity index is 1370. The van der Waals surface area contributed by atoms with Gasteiger partial charge < -0.3 is 20.0 Å². The Labute approximate surface area is 200 Å². The first-order valence-corrected chi connectivity index (χ1v) is 12.0. The number of carbonyl (C=O) groups is 1. The highest BCUT2D eigenvalue weighted by molar-refractivity contribution is 7.09. The van der Waals surface area contributed by atoms with E-state index in [1.165, 1.54) is 17.6 Å². The number of thiazole rings is 1. The Morgan fingerprint density at radius 3 is 2.71 bits per heavy atom. The molecule has 2 heterocycles. The number of rotatable bonds is 8. The van der Waals surface area contributed by atoms with Gasteiger partial charge in [-0.15, -0.1) is 11.3 Å². The number of aromatic hydroxyl groups is 1. The van der Waals surface area contributed by atoms with Gasteiger partial charge in [0.05, 0.1) is 21.7 Å². The van der Waals surface area contributed by atoms with Crippen LogP contribution in [0.2, 0.25) is 0 Å². The molecule has 0 fully saturated rings. The van der Waals surface area contributed by atoms with E-state index in [2.05, 4.69) is 11.9 Å². The molecular formula is C26H26N2O5S. The van der Waals surface area contributed by atoms with Gasteiger partial charge in [-0.1, -0.05) is 25.5 Å². The Hall–Kier alpha value is -3.49. The van der Waals surface area contributed by atoms with Crippen LogP contribution in [0.5, 0.6) is 11.5 Å². The molecule has 0 saturated carbocycles. The van der Waals surface area contributed by atoms with E-state index in [1.807, 2.05) is 12.3 Å². The van der Waals surface area contributed by atoms with Crippen molar-refractivity contribution in [3.8, 4) is 22.8 Å². The number of nitrogens with zero attached hydrogens (tertiary/aromatic N) is 1. The van der Waals surface area contributed by atoms with Crippen LogP contribution >= 0.6 is 11.3 Å². The maximum absolute atomic E-state index is 13.2. The topological polar surface area (TPSA) is 116 Å². The minimum atomic E-state index is -0.887. The summed E-state index contributed by atoms with van der Waals surface area (Å²) in [6, 6.07) is 8.95. The Morgan fingerprint density at radius 2 is 2.03 bits per heavy atom. The lowest BCUT2D eigenvalue weighted by atomic mass is 10.0. The standard InChI is InChI=1S/C26H26N2O5S/c1-3-4-5-17-11-19-24(32-13-20(25(19)30)22-14-34-15(2)28-22)12-23(17)33-26(31)21(27)10-16-6-8-18(29)9-7-16/h6-9,11-14,21,29H,3-5,10,27H2,1-2H3/t21-/m1/s1. The summed E-state index contributed by atoms with van der Waals surface area (Å²) in [6.07, 6.45) is 4.11. The number of aromatic nitrogens is 1. The molecule has 1 atom stereocenters. The van der Waals surface area contributed by atoms with Crippen LogP contribution in [0.4, 0.5) is 0 Å². The fourth-order valence-corrected chi connectivity index (χ4v) is 4.29. The zero-order valence-corrected chi connectivity index (χ0v) is 19.9. The van der Waals surface area contributed by atoms with Crippen LogP contribution in [-0.2, 0) is 17.6 Å². The van der Waals surface area contributed by atoms with E-state index in [1.54, 1.807) is 36.4 Å². The second-order valence-electron chi connectivity index (χ2n) is 8.19. The van der Waals surface area contributed by atoms with Gasteiger partial charge >= 0.3 is 5.97 Å². The van der Waals surface area contributed by atoms with Gasteiger partial charge in [0.15, 0.2) is 0 Å². The maximum Gasteiger partial charge on any atom is 0.328 e. The fourth-order valence-electron chi connectivity index (χ4n) is 3.68. The van der Waals surface area contributed by atoms with Gasteiger partial charge in [0.1, 0.15) is 29.4 Å². The SMILES string of the molecule is CCCCc1cc2c(=O)c(-c3csc(C)n3)coc2cc1OC(=O)[C@H](N)Cc1ccc(O)cc1. The minimum absolute atomic E-state index is 0.145. The van der Waals surface area contributed by atoms with E-state index in [0.717, 1.165) is 29.0 Å². The highest BCUT2D eigenvalue weighted by atomic mass is 32.1. The van der Waals surface area contributed by atoms with Gasteiger partial charge in [-0.05, 0) is 55.5 Å². The van der Waals surface area contributed by atoms with Crippen LogP contribution in [-0.4, -0.2) is 22.1 Å². The number of benzene rings is 2. The van der Waals surface area contributed by atoms with Crippen LogP contribution in [0, 0.1) is 6.92 Å². The Morgan fingerprint density at radius 1 is 1.26 bits per heavy atom. The molecule has 8 heteroatoms. The number of hydrogen-bond acceptors (Lipinski definition) is 8. The van der Waals surface area contributed by atoms with E-state index in [0.29, 0.717) is 34.4 Å². The van der Waals surface area contributed by atoms with E-state index in [4.69, 9.17) is 14.9 Å². The number of hydrogen-bond donors (Lipinski definition) is 2. The van der Waals surface area contributed by atoms with E-state index < -0.39 is 12.0 Å². The summed E-state index contributed by atoms with van der Waals surface area (Å²) in [5.74, 6) is -0.0965. The molecule has 4 rings (SSSR count). The van der Waals surface area contributed by atoms with Crippen molar-refractivity contribution in [3.05, 3.63) is 74.4 Å². The number of nitrogens with two attached hydrogens (primary N) is 1. The molecule has 4 aromatic rings. The number of ether oxygens (including phenoxy) is 1. The van der Waals surface area contributed by atoms with Crippen molar-refractivity contribution in [2.24, 2.45) is 5.73 Å². The Balaban J connectivity index is 1.64. The quantitative estimate of drug-likeness (QED) is 0.277. The molecule has 3 N–H and O–H groups in total. The zero-order chi connectivity index (χ0) is 24.2. The maximum atomic E-state index is 13.2. The van der Waals surface area contributed by atoms with Crippen LogP contribution in [0.1, 0.15) is 35.9 Å². The van der Waals surface area contributed by atoms with Crippen molar-refractivity contribution >= 4 is 28.3 Å². The van der Waals surface area contributed by atoms with Crippen molar-refractivity contribution in [2.45, 2.75) is 45.6 Å². The molecule has 0 bridgehead atoms. The smallest absolute Gasteiger partial charge is 0.328 e. The lowest BCUT2D eigenvalue weighted by molar-refractivity contribution is -0.135. The summed E-state index contributed by atoms with van der Waals surface area (Å²) in [4.78, 5) is 30.3. The van der Waals surface area contributed by atoms with Crippen LogP contribution in [0.15, 0.2) is 57.3 Å². The molecule has 0 aliphatic heterocycles. The van der Waals surface area contributed by atoms with Gasteiger partial charge in [0.2, 0.25) is 5.43 Å². The average Bonchev–Trinajstić information content (AvgIpc) is 3.25. The molecule has 34 heavy (non-hydrogen) atoms. The molecule has 0 spiro atoms. The zero-order valence-electron chi connectivity index (χ0n) is 19.0. The molecule has 0 aliphatic rings. The normalized spacial score (nSPS) is 12.1. The summed E-state index contributed by atoms with van der Waals surface area (Å²) >= 11 is 1.47.